The minimum absolute atomic E-state index is 0.0204. The Morgan fingerprint density at radius 2 is 2.11 bits per heavy atom. The lowest BCUT2D eigenvalue weighted by atomic mass is 10.1. The summed E-state index contributed by atoms with van der Waals surface area (Å²) in [5, 5.41) is 2.97. The molecule has 1 heterocycles. The lowest BCUT2D eigenvalue weighted by Gasteiger charge is -2.01. The Balaban J connectivity index is 1.83. The zero-order valence-corrected chi connectivity index (χ0v) is 10.7. The van der Waals surface area contributed by atoms with Crippen LogP contribution in [0.5, 0.6) is 0 Å². The normalized spacial score (nSPS) is 14.9. The highest BCUT2D eigenvalue weighted by molar-refractivity contribution is 6.30. The van der Waals surface area contributed by atoms with Crippen molar-refractivity contribution in [2.75, 3.05) is 0 Å². The van der Waals surface area contributed by atoms with Gasteiger partial charge in [-0.25, -0.2) is 13.8 Å². The van der Waals surface area contributed by atoms with Crippen LogP contribution in [0.15, 0.2) is 22.7 Å². The fraction of sp³-hybridized carbons (Fsp3) is 0.308. The van der Waals surface area contributed by atoms with E-state index in [-0.39, 0.29) is 16.3 Å². The minimum atomic E-state index is -0.688. The fourth-order valence-corrected chi connectivity index (χ4v) is 1.90. The van der Waals surface area contributed by atoms with E-state index < -0.39 is 11.6 Å². The van der Waals surface area contributed by atoms with Crippen LogP contribution in [-0.2, 0) is 6.54 Å². The van der Waals surface area contributed by atoms with Crippen LogP contribution in [-0.4, -0.2) is 11.0 Å². The third-order valence-electron chi connectivity index (χ3n) is 2.95. The van der Waals surface area contributed by atoms with Crippen molar-refractivity contribution in [3.8, 4) is 11.3 Å². The third-order valence-corrected chi connectivity index (χ3v) is 3.24. The van der Waals surface area contributed by atoms with Crippen LogP contribution in [0.1, 0.15) is 18.7 Å². The van der Waals surface area contributed by atoms with E-state index >= 15 is 0 Å². The molecule has 2 aromatic rings. The minimum Gasteiger partial charge on any atom is -0.439 e. The van der Waals surface area contributed by atoms with Gasteiger partial charge in [0.15, 0.2) is 5.76 Å². The third kappa shape index (κ3) is 2.77. The quantitative estimate of drug-likeness (QED) is 0.873. The number of aromatic nitrogens is 1. The van der Waals surface area contributed by atoms with E-state index in [1.807, 2.05) is 0 Å². The van der Waals surface area contributed by atoms with Crippen molar-refractivity contribution in [2.45, 2.75) is 25.4 Å². The summed E-state index contributed by atoms with van der Waals surface area (Å²) in [6.45, 7) is 0.488. The second-order valence-electron chi connectivity index (χ2n) is 4.52. The van der Waals surface area contributed by atoms with Gasteiger partial charge in [-0.05, 0) is 25.0 Å². The summed E-state index contributed by atoms with van der Waals surface area (Å²) in [4.78, 5) is 4.03. The maximum absolute atomic E-state index is 13.7. The molecule has 1 fully saturated rings. The van der Waals surface area contributed by atoms with Gasteiger partial charge in [0.2, 0.25) is 5.89 Å². The highest BCUT2D eigenvalue weighted by atomic mass is 35.5. The summed E-state index contributed by atoms with van der Waals surface area (Å²) in [5.41, 5.74) is 0.0204. The highest BCUT2D eigenvalue weighted by Gasteiger charge is 2.21. The van der Waals surface area contributed by atoms with E-state index in [2.05, 4.69) is 10.3 Å². The maximum atomic E-state index is 13.7. The number of hydrogen-bond acceptors (Lipinski definition) is 3. The number of nitrogens with zero attached hydrogens (tertiary/aromatic N) is 1. The molecule has 0 bridgehead atoms. The molecule has 1 aliphatic carbocycles. The van der Waals surface area contributed by atoms with E-state index in [1.54, 1.807) is 0 Å². The number of rotatable bonds is 4. The number of oxazole rings is 1. The molecule has 0 aliphatic heterocycles. The van der Waals surface area contributed by atoms with Gasteiger partial charge in [-0.2, -0.15) is 0 Å². The van der Waals surface area contributed by atoms with Gasteiger partial charge < -0.3 is 9.73 Å². The molecule has 1 aromatic carbocycles. The predicted molar refractivity (Wildman–Crippen MR) is 66.7 cm³/mol. The molecule has 1 saturated carbocycles. The second-order valence-corrected chi connectivity index (χ2v) is 4.93. The van der Waals surface area contributed by atoms with Crippen molar-refractivity contribution >= 4 is 11.6 Å². The smallest absolute Gasteiger partial charge is 0.208 e. The molecule has 0 radical (unpaired) electrons. The van der Waals surface area contributed by atoms with E-state index in [0.29, 0.717) is 18.5 Å². The number of benzene rings is 1. The molecule has 1 N–H and O–H groups in total. The van der Waals surface area contributed by atoms with Gasteiger partial charge in [-0.1, -0.05) is 11.6 Å². The molecule has 1 aliphatic rings. The Hall–Kier alpha value is -1.46. The molecule has 0 amide bonds. The van der Waals surface area contributed by atoms with E-state index in [0.717, 1.165) is 25.0 Å². The molecule has 19 heavy (non-hydrogen) atoms. The zero-order chi connectivity index (χ0) is 13.4. The Labute approximate surface area is 113 Å². The molecule has 0 unspecified atom stereocenters. The molecule has 1 aromatic heterocycles. The molecule has 6 heteroatoms. The van der Waals surface area contributed by atoms with Crippen LogP contribution in [0.3, 0.4) is 0 Å². The van der Waals surface area contributed by atoms with Crippen molar-refractivity contribution in [1.82, 2.24) is 10.3 Å². The molecule has 3 nitrogen and oxygen atoms in total. The average molecular weight is 285 g/mol. The zero-order valence-electron chi connectivity index (χ0n) is 9.92. The molecular weight excluding hydrogens is 274 g/mol. The first-order valence-corrected chi connectivity index (χ1v) is 6.34. The Morgan fingerprint density at radius 3 is 2.84 bits per heavy atom. The monoisotopic (exact) mass is 284 g/mol. The van der Waals surface area contributed by atoms with Crippen molar-refractivity contribution in [1.29, 1.82) is 0 Å². The summed E-state index contributed by atoms with van der Waals surface area (Å²) in [6.07, 6.45) is 3.70. The molecular formula is C13H11ClF2N2O. The summed E-state index contributed by atoms with van der Waals surface area (Å²) >= 11 is 5.50. The highest BCUT2D eigenvalue weighted by Crippen LogP contribution is 2.28. The molecule has 0 saturated heterocycles. The van der Waals surface area contributed by atoms with Gasteiger partial charge >= 0.3 is 0 Å². The van der Waals surface area contributed by atoms with E-state index in [1.165, 1.54) is 6.20 Å². The van der Waals surface area contributed by atoms with Crippen LogP contribution >= 0.6 is 11.6 Å². The summed E-state index contributed by atoms with van der Waals surface area (Å²) in [6, 6.07) is 2.47. The lowest BCUT2D eigenvalue weighted by molar-refractivity contribution is 0.473. The number of nitrogens with one attached hydrogen (secondary N) is 1. The van der Waals surface area contributed by atoms with Crippen LogP contribution in [0.25, 0.3) is 11.3 Å². The van der Waals surface area contributed by atoms with E-state index in [4.69, 9.17) is 16.0 Å². The molecule has 3 rings (SSSR count). The van der Waals surface area contributed by atoms with Gasteiger partial charge in [0.05, 0.1) is 23.3 Å². The Kier molecular flexibility index (Phi) is 3.24. The average Bonchev–Trinajstić information content (AvgIpc) is 3.09. The first kappa shape index (κ1) is 12.6. The van der Waals surface area contributed by atoms with Gasteiger partial charge in [-0.3, -0.25) is 0 Å². The van der Waals surface area contributed by atoms with Crippen molar-refractivity contribution < 1.29 is 13.2 Å². The second kappa shape index (κ2) is 4.90. The number of halogens is 3. The van der Waals surface area contributed by atoms with Gasteiger partial charge in [0.25, 0.3) is 0 Å². The van der Waals surface area contributed by atoms with Crippen LogP contribution < -0.4 is 5.32 Å². The van der Waals surface area contributed by atoms with E-state index in [9.17, 15) is 8.78 Å². The first-order valence-electron chi connectivity index (χ1n) is 5.96. The summed E-state index contributed by atoms with van der Waals surface area (Å²) < 4.78 is 32.4. The topological polar surface area (TPSA) is 38.1 Å². The largest absolute Gasteiger partial charge is 0.439 e. The molecule has 100 valence electrons. The van der Waals surface area contributed by atoms with Gasteiger partial charge in [0, 0.05) is 6.04 Å². The predicted octanol–water partition coefficient (Wildman–Crippen LogP) is 3.53. The van der Waals surface area contributed by atoms with Crippen molar-refractivity contribution in [3.05, 3.63) is 40.9 Å². The van der Waals surface area contributed by atoms with Gasteiger partial charge in [-0.15, -0.1) is 0 Å². The lowest BCUT2D eigenvalue weighted by Crippen LogP contribution is -2.15. The van der Waals surface area contributed by atoms with Crippen LogP contribution in [0.2, 0.25) is 5.02 Å². The Bertz CT molecular complexity index is 611. The summed E-state index contributed by atoms with van der Waals surface area (Å²) in [5.74, 6) is -0.673. The SMILES string of the molecule is Fc1cc(-c2cnc(CNC3CC3)o2)c(F)cc1Cl. The summed E-state index contributed by atoms with van der Waals surface area (Å²) in [7, 11) is 0. The van der Waals surface area contributed by atoms with Gasteiger partial charge in [0.1, 0.15) is 11.6 Å². The fourth-order valence-electron chi connectivity index (χ4n) is 1.75. The standard InChI is InChI=1S/C13H11ClF2N2O/c14-9-4-10(15)8(3-11(9)16)12-5-18-13(19-12)6-17-7-1-2-7/h3-5,7,17H,1-2,6H2. The molecule has 0 atom stereocenters. The van der Waals surface area contributed by atoms with Crippen molar-refractivity contribution in [2.24, 2.45) is 0 Å². The molecule has 0 spiro atoms. The van der Waals surface area contributed by atoms with Crippen LogP contribution in [0, 0.1) is 11.6 Å². The number of hydrogen-bond donors (Lipinski definition) is 1. The Morgan fingerprint density at radius 1 is 1.32 bits per heavy atom. The first-order chi connectivity index (χ1) is 9.13. The van der Waals surface area contributed by atoms with Crippen molar-refractivity contribution in [3.63, 3.8) is 0 Å². The van der Waals surface area contributed by atoms with Crippen LogP contribution in [0.4, 0.5) is 8.78 Å². The maximum Gasteiger partial charge on any atom is 0.208 e.